The molecule has 0 saturated heterocycles. The van der Waals surface area contributed by atoms with Crippen LogP contribution in [0.25, 0.3) is 6.08 Å². The van der Waals surface area contributed by atoms with E-state index in [-0.39, 0.29) is 19.1 Å². The fourth-order valence-electron chi connectivity index (χ4n) is 2.29. The molecule has 21 heavy (non-hydrogen) atoms. The van der Waals surface area contributed by atoms with Crippen molar-refractivity contribution >= 4 is 23.6 Å². The SMILES string of the molecule is CCC(CC)(CO)NC(=O)C1=Cc2cc(Cl)ccc2OC1. The van der Waals surface area contributed by atoms with Gasteiger partial charge in [-0.2, -0.15) is 0 Å². The molecule has 0 unspecified atom stereocenters. The monoisotopic (exact) mass is 309 g/mol. The molecule has 1 amide bonds. The van der Waals surface area contributed by atoms with Crippen LogP contribution in [-0.2, 0) is 4.79 Å². The van der Waals surface area contributed by atoms with Gasteiger partial charge in [0.2, 0.25) is 0 Å². The molecule has 5 heteroatoms. The van der Waals surface area contributed by atoms with Crippen LogP contribution in [0.3, 0.4) is 0 Å². The van der Waals surface area contributed by atoms with Crippen molar-refractivity contribution in [1.29, 1.82) is 0 Å². The van der Waals surface area contributed by atoms with Crippen molar-refractivity contribution in [1.82, 2.24) is 5.32 Å². The molecule has 1 aromatic carbocycles. The van der Waals surface area contributed by atoms with Gasteiger partial charge in [0.1, 0.15) is 12.4 Å². The molecule has 0 radical (unpaired) electrons. The van der Waals surface area contributed by atoms with E-state index in [4.69, 9.17) is 16.3 Å². The van der Waals surface area contributed by atoms with E-state index >= 15 is 0 Å². The Bertz CT molecular complexity index is 556. The van der Waals surface area contributed by atoms with Crippen LogP contribution < -0.4 is 10.1 Å². The molecule has 114 valence electrons. The van der Waals surface area contributed by atoms with Gasteiger partial charge in [0.25, 0.3) is 5.91 Å². The quantitative estimate of drug-likeness (QED) is 0.879. The Balaban J connectivity index is 2.21. The number of fused-ring (bicyclic) bond motifs is 1. The number of benzene rings is 1. The van der Waals surface area contributed by atoms with Crippen LogP contribution in [0.15, 0.2) is 23.8 Å². The Kier molecular flexibility index (Phi) is 4.91. The van der Waals surface area contributed by atoms with Crippen molar-refractivity contribution in [3.63, 3.8) is 0 Å². The summed E-state index contributed by atoms with van der Waals surface area (Å²) in [5.41, 5.74) is 0.748. The lowest BCUT2D eigenvalue weighted by Gasteiger charge is -2.31. The number of nitrogens with one attached hydrogen (secondary N) is 1. The summed E-state index contributed by atoms with van der Waals surface area (Å²) in [6, 6.07) is 5.31. The maximum Gasteiger partial charge on any atom is 0.251 e. The molecule has 1 heterocycles. The number of ether oxygens (including phenoxy) is 1. The first-order valence-electron chi connectivity index (χ1n) is 7.10. The van der Waals surface area contributed by atoms with Crippen LogP contribution >= 0.6 is 11.6 Å². The van der Waals surface area contributed by atoms with Crippen molar-refractivity contribution in [3.8, 4) is 5.75 Å². The Morgan fingerprint density at radius 2 is 2.14 bits per heavy atom. The summed E-state index contributed by atoms with van der Waals surface area (Å²) < 4.78 is 5.58. The molecule has 0 spiro atoms. The Labute approximate surface area is 129 Å². The number of hydrogen-bond acceptors (Lipinski definition) is 3. The number of amides is 1. The highest BCUT2D eigenvalue weighted by atomic mass is 35.5. The lowest BCUT2D eigenvalue weighted by molar-refractivity contribution is -0.120. The largest absolute Gasteiger partial charge is 0.488 e. The van der Waals surface area contributed by atoms with Crippen LogP contribution in [0.2, 0.25) is 5.02 Å². The average Bonchev–Trinajstić information content (AvgIpc) is 2.51. The van der Waals surface area contributed by atoms with Gasteiger partial charge in [-0.25, -0.2) is 0 Å². The molecule has 1 aromatic rings. The molecule has 0 fully saturated rings. The van der Waals surface area contributed by atoms with Gasteiger partial charge in [-0.05, 0) is 37.1 Å². The van der Waals surface area contributed by atoms with E-state index in [1.54, 1.807) is 24.3 Å². The number of hydrogen-bond donors (Lipinski definition) is 2. The van der Waals surface area contributed by atoms with Crippen molar-refractivity contribution in [2.75, 3.05) is 13.2 Å². The molecule has 1 aliphatic heterocycles. The minimum Gasteiger partial charge on any atom is -0.488 e. The molecule has 0 saturated carbocycles. The van der Waals surface area contributed by atoms with Crippen LogP contribution in [0, 0.1) is 0 Å². The molecule has 2 rings (SSSR count). The summed E-state index contributed by atoms with van der Waals surface area (Å²) in [5.74, 6) is 0.508. The number of carbonyl (C=O) groups excluding carboxylic acids is 1. The maximum absolute atomic E-state index is 12.4. The third-order valence-corrected chi connectivity index (χ3v) is 4.25. The molecule has 1 aliphatic rings. The van der Waals surface area contributed by atoms with Gasteiger partial charge in [0.05, 0.1) is 17.7 Å². The van der Waals surface area contributed by atoms with Gasteiger partial charge in [0, 0.05) is 10.6 Å². The first kappa shape index (κ1) is 15.9. The second-order valence-corrected chi connectivity index (χ2v) is 5.68. The number of carbonyl (C=O) groups is 1. The normalized spacial score (nSPS) is 14.0. The zero-order valence-corrected chi connectivity index (χ0v) is 13.0. The van der Waals surface area contributed by atoms with Crippen LogP contribution in [-0.4, -0.2) is 29.8 Å². The Morgan fingerprint density at radius 1 is 1.43 bits per heavy atom. The molecular weight excluding hydrogens is 290 g/mol. The van der Waals surface area contributed by atoms with Gasteiger partial charge >= 0.3 is 0 Å². The molecule has 0 atom stereocenters. The third kappa shape index (κ3) is 3.39. The summed E-state index contributed by atoms with van der Waals surface area (Å²) in [4.78, 5) is 12.4. The average molecular weight is 310 g/mol. The number of halogens is 1. The lowest BCUT2D eigenvalue weighted by atomic mass is 9.93. The number of rotatable bonds is 5. The van der Waals surface area contributed by atoms with Crippen molar-refractivity contribution in [2.24, 2.45) is 0 Å². The zero-order chi connectivity index (χ0) is 15.5. The van der Waals surface area contributed by atoms with E-state index in [0.717, 1.165) is 11.3 Å². The number of aliphatic hydroxyl groups excluding tert-OH is 1. The van der Waals surface area contributed by atoms with E-state index in [1.807, 2.05) is 13.8 Å². The molecular formula is C16H20ClNO3. The summed E-state index contributed by atoms with van der Waals surface area (Å²) in [6.07, 6.45) is 3.12. The lowest BCUT2D eigenvalue weighted by Crippen LogP contribution is -2.51. The topological polar surface area (TPSA) is 58.6 Å². The van der Waals surface area contributed by atoms with E-state index < -0.39 is 5.54 Å². The van der Waals surface area contributed by atoms with Gasteiger partial charge in [0.15, 0.2) is 0 Å². The van der Waals surface area contributed by atoms with Crippen LogP contribution in [0.5, 0.6) is 5.75 Å². The van der Waals surface area contributed by atoms with Gasteiger partial charge < -0.3 is 15.2 Å². The minimum absolute atomic E-state index is 0.0811. The van der Waals surface area contributed by atoms with Crippen LogP contribution in [0.4, 0.5) is 0 Å². The van der Waals surface area contributed by atoms with Gasteiger partial charge in [-0.3, -0.25) is 4.79 Å². The molecule has 0 aromatic heterocycles. The van der Waals surface area contributed by atoms with Crippen molar-refractivity contribution < 1.29 is 14.6 Å². The zero-order valence-electron chi connectivity index (χ0n) is 12.3. The summed E-state index contributed by atoms with van der Waals surface area (Å²) >= 11 is 5.96. The minimum atomic E-state index is -0.577. The summed E-state index contributed by atoms with van der Waals surface area (Å²) in [5, 5.41) is 13.1. The van der Waals surface area contributed by atoms with E-state index in [2.05, 4.69) is 5.32 Å². The summed E-state index contributed by atoms with van der Waals surface area (Å²) in [6.45, 7) is 4.03. The Morgan fingerprint density at radius 3 is 2.76 bits per heavy atom. The fourth-order valence-corrected chi connectivity index (χ4v) is 2.47. The Hall–Kier alpha value is -1.52. The van der Waals surface area contributed by atoms with Crippen molar-refractivity contribution in [2.45, 2.75) is 32.2 Å². The highest BCUT2D eigenvalue weighted by molar-refractivity contribution is 6.30. The standard InChI is InChI=1S/C16H20ClNO3/c1-3-16(4-2,10-19)18-15(20)12-7-11-8-13(17)5-6-14(11)21-9-12/h5-8,19H,3-4,9-10H2,1-2H3,(H,18,20). The summed E-state index contributed by atoms with van der Waals surface area (Å²) in [7, 11) is 0. The second-order valence-electron chi connectivity index (χ2n) is 5.24. The smallest absolute Gasteiger partial charge is 0.251 e. The van der Waals surface area contributed by atoms with Crippen molar-refractivity contribution in [3.05, 3.63) is 34.4 Å². The van der Waals surface area contributed by atoms with E-state index in [0.29, 0.717) is 23.4 Å². The van der Waals surface area contributed by atoms with Gasteiger partial charge in [-0.1, -0.05) is 25.4 Å². The van der Waals surface area contributed by atoms with E-state index in [1.165, 1.54) is 0 Å². The highest BCUT2D eigenvalue weighted by Gasteiger charge is 2.29. The van der Waals surface area contributed by atoms with E-state index in [9.17, 15) is 9.90 Å². The molecule has 0 aliphatic carbocycles. The predicted molar refractivity (Wildman–Crippen MR) is 83.5 cm³/mol. The highest BCUT2D eigenvalue weighted by Crippen LogP contribution is 2.29. The van der Waals surface area contributed by atoms with Crippen LogP contribution in [0.1, 0.15) is 32.3 Å². The number of aliphatic hydroxyl groups is 1. The third-order valence-electron chi connectivity index (χ3n) is 4.01. The van der Waals surface area contributed by atoms with Gasteiger partial charge in [-0.15, -0.1) is 0 Å². The molecule has 4 nitrogen and oxygen atoms in total. The first-order valence-corrected chi connectivity index (χ1v) is 7.47. The molecule has 0 bridgehead atoms. The molecule has 2 N–H and O–H groups in total. The first-order chi connectivity index (χ1) is 10.0. The fraction of sp³-hybridized carbons (Fsp3) is 0.438. The second kappa shape index (κ2) is 6.50. The predicted octanol–water partition coefficient (Wildman–Crippen LogP) is 2.78. The maximum atomic E-state index is 12.4.